The minimum Gasteiger partial charge on any atom is -0.340 e. The van der Waals surface area contributed by atoms with Crippen molar-refractivity contribution in [3.63, 3.8) is 0 Å². The summed E-state index contributed by atoms with van der Waals surface area (Å²) in [4.78, 5) is 0. The fourth-order valence-corrected chi connectivity index (χ4v) is 0.937. The first-order valence-corrected chi connectivity index (χ1v) is 4.25. The van der Waals surface area contributed by atoms with Gasteiger partial charge in [0.05, 0.1) is 0 Å². The van der Waals surface area contributed by atoms with Gasteiger partial charge in [0.25, 0.3) is 0 Å². The molecule has 0 atom stereocenters. The zero-order chi connectivity index (χ0) is 8.69. The van der Waals surface area contributed by atoms with Gasteiger partial charge in [-0.1, -0.05) is 17.2 Å². The van der Waals surface area contributed by atoms with Gasteiger partial charge in [0.1, 0.15) is 0 Å². The van der Waals surface area contributed by atoms with Crippen LogP contribution >= 0.6 is 0 Å². The van der Waals surface area contributed by atoms with E-state index in [1.807, 2.05) is 0 Å². The summed E-state index contributed by atoms with van der Waals surface area (Å²) in [6, 6.07) is 0. The first kappa shape index (κ1) is 14.7. The van der Waals surface area contributed by atoms with E-state index < -0.39 is 0 Å². The van der Waals surface area contributed by atoms with E-state index in [-0.39, 0.29) is 21.1 Å². The van der Waals surface area contributed by atoms with Crippen molar-refractivity contribution in [1.29, 1.82) is 0 Å². The van der Waals surface area contributed by atoms with Gasteiger partial charge in [-0.2, -0.15) is 6.42 Å². The molecule has 0 radical (unpaired) electrons. The molecule has 0 nitrogen and oxygen atoms in total. The summed E-state index contributed by atoms with van der Waals surface area (Å²) < 4.78 is 0. The van der Waals surface area contributed by atoms with Crippen molar-refractivity contribution in [2.45, 2.75) is 40.0 Å². The van der Waals surface area contributed by atoms with Crippen molar-refractivity contribution in [2.24, 2.45) is 0 Å². The first-order valence-electron chi connectivity index (χ1n) is 4.25. The van der Waals surface area contributed by atoms with Crippen LogP contribution in [0.25, 0.3) is 0 Å². The molecular weight excluding hydrogens is 316 g/mol. The molecule has 0 aliphatic carbocycles. The van der Waals surface area contributed by atoms with Crippen molar-refractivity contribution < 1.29 is 21.1 Å². The predicted octanol–water partition coefficient (Wildman–Crippen LogP) is 3.90. The molecular formula is C11H19W-. The fourth-order valence-electron chi connectivity index (χ4n) is 0.937. The Hall–Kier alpha value is 0.168. The molecule has 0 spiro atoms. The minimum absolute atomic E-state index is 0. The van der Waals surface area contributed by atoms with E-state index in [9.17, 15) is 0 Å². The zero-order valence-corrected chi connectivity index (χ0v) is 11.3. The van der Waals surface area contributed by atoms with Gasteiger partial charge < -0.3 is 6.92 Å². The maximum atomic E-state index is 3.78. The van der Waals surface area contributed by atoms with Gasteiger partial charge in [-0.3, -0.25) is 0 Å². The number of hydrogen-bond donors (Lipinski definition) is 0. The topological polar surface area (TPSA) is 0 Å². The van der Waals surface area contributed by atoms with Crippen LogP contribution in [0.2, 0.25) is 0 Å². The van der Waals surface area contributed by atoms with Crippen LogP contribution in [0.1, 0.15) is 40.0 Å². The normalized spacial score (nSPS) is 10.5. The first-order chi connectivity index (χ1) is 5.16. The Balaban J connectivity index is 0. The van der Waals surface area contributed by atoms with Gasteiger partial charge in [0.2, 0.25) is 0 Å². The predicted molar refractivity (Wildman–Crippen MR) is 52.4 cm³/mol. The molecule has 70 valence electrons. The van der Waals surface area contributed by atoms with Crippen molar-refractivity contribution >= 4 is 0 Å². The molecule has 0 saturated heterocycles. The Bertz CT molecular complexity index is 150. The summed E-state index contributed by atoms with van der Waals surface area (Å²) in [5, 5.41) is 0. The third kappa shape index (κ3) is 10.2. The summed E-state index contributed by atoms with van der Waals surface area (Å²) in [5.74, 6) is 0. The van der Waals surface area contributed by atoms with Crippen LogP contribution < -0.4 is 0 Å². The van der Waals surface area contributed by atoms with Crippen LogP contribution in [0.5, 0.6) is 0 Å². The molecule has 0 saturated carbocycles. The van der Waals surface area contributed by atoms with E-state index in [1.54, 1.807) is 0 Å². The van der Waals surface area contributed by atoms with Gasteiger partial charge >= 0.3 is 0 Å². The Morgan fingerprint density at radius 1 is 1.17 bits per heavy atom. The second kappa shape index (κ2) is 9.26. The van der Waals surface area contributed by atoms with Crippen LogP contribution in [0.4, 0.5) is 0 Å². The molecule has 0 unspecified atom stereocenters. The molecule has 0 N–H and O–H groups in total. The van der Waals surface area contributed by atoms with Crippen LogP contribution in [0.3, 0.4) is 0 Å². The maximum Gasteiger partial charge on any atom is 0 e. The van der Waals surface area contributed by atoms with Crippen molar-refractivity contribution in [3.8, 4) is 0 Å². The van der Waals surface area contributed by atoms with E-state index in [0.717, 1.165) is 6.42 Å². The van der Waals surface area contributed by atoms with Crippen LogP contribution in [0.15, 0.2) is 23.3 Å². The molecule has 0 aromatic carbocycles. The van der Waals surface area contributed by atoms with Gasteiger partial charge in [0, 0.05) is 21.1 Å². The van der Waals surface area contributed by atoms with E-state index in [2.05, 4.69) is 39.8 Å². The summed E-state index contributed by atoms with van der Waals surface area (Å²) in [6.45, 7) is 10.2. The van der Waals surface area contributed by atoms with Crippen molar-refractivity contribution in [3.05, 3.63) is 30.2 Å². The molecule has 0 aromatic heterocycles. The summed E-state index contributed by atoms with van der Waals surface area (Å²) in [7, 11) is 0. The number of rotatable bonds is 4. The average Bonchev–Trinajstić information content (AvgIpc) is 1.87. The minimum atomic E-state index is 0. The van der Waals surface area contributed by atoms with Crippen LogP contribution in [0, 0.1) is 6.92 Å². The number of hydrogen-bond acceptors (Lipinski definition) is 0. The molecule has 0 aliphatic rings. The standard InChI is InChI=1S/C11H19.W/c1-5-7-11(4)9-6-8-10(2)3;/h7-8H,1,5-6,9H2,2-4H3;/q-1;/b11-7+;. The van der Waals surface area contributed by atoms with E-state index in [1.165, 1.54) is 24.0 Å². The quantitative estimate of drug-likeness (QED) is 0.540. The zero-order valence-electron chi connectivity index (χ0n) is 8.39. The molecule has 0 rings (SSSR count). The molecule has 0 bridgehead atoms. The van der Waals surface area contributed by atoms with Gasteiger partial charge in [-0.05, 0) is 33.6 Å². The van der Waals surface area contributed by atoms with Crippen molar-refractivity contribution in [2.75, 3.05) is 0 Å². The third-order valence-electron chi connectivity index (χ3n) is 1.58. The Kier molecular flexibility index (Phi) is 11.3. The molecule has 0 heterocycles. The Morgan fingerprint density at radius 2 is 1.75 bits per heavy atom. The maximum absolute atomic E-state index is 3.78. The fraction of sp³-hybridized carbons (Fsp3) is 0.545. The van der Waals surface area contributed by atoms with Gasteiger partial charge in [-0.15, -0.1) is 6.08 Å². The third-order valence-corrected chi connectivity index (χ3v) is 1.58. The summed E-state index contributed by atoms with van der Waals surface area (Å²) in [5.41, 5.74) is 2.87. The SMILES string of the molecule is [CH2-]C/C=C(\C)CCC=C(C)C.[W]. The average molecular weight is 335 g/mol. The Labute approximate surface area is 91.4 Å². The van der Waals surface area contributed by atoms with Gasteiger partial charge in [0.15, 0.2) is 0 Å². The van der Waals surface area contributed by atoms with E-state index >= 15 is 0 Å². The molecule has 0 amide bonds. The Morgan fingerprint density at radius 3 is 2.17 bits per heavy atom. The van der Waals surface area contributed by atoms with Crippen LogP contribution in [-0.4, -0.2) is 0 Å². The molecule has 0 fully saturated rings. The molecule has 12 heavy (non-hydrogen) atoms. The van der Waals surface area contributed by atoms with Crippen LogP contribution in [-0.2, 0) is 21.1 Å². The van der Waals surface area contributed by atoms with Crippen molar-refractivity contribution in [1.82, 2.24) is 0 Å². The molecule has 0 aliphatic heterocycles. The number of allylic oxidation sites excluding steroid dienone is 4. The van der Waals surface area contributed by atoms with Gasteiger partial charge in [-0.25, -0.2) is 0 Å². The smallest absolute Gasteiger partial charge is 0 e. The second-order valence-electron chi connectivity index (χ2n) is 3.16. The largest absolute Gasteiger partial charge is 0.340 e. The second-order valence-corrected chi connectivity index (χ2v) is 3.16. The molecule has 1 heteroatoms. The summed E-state index contributed by atoms with van der Waals surface area (Å²) in [6.07, 6.45) is 7.74. The monoisotopic (exact) mass is 335 g/mol. The summed E-state index contributed by atoms with van der Waals surface area (Å²) >= 11 is 0. The molecule has 0 aromatic rings. The van der Waals surface area contributed by atoms with E-state index in [4.69, 9.17) is 0 Å². The van der Waals surface area contributed by atoms with E-state index in [0.29, 0.717) is 0 Å².